The van der Waals surface area contributed by atoms with Crippen molar-refractivity contribution >= 4 is 28.4 Å². The van der Waals surface area contributed by atoms with E-state index in [4.69, 9.17) is 11.6 Å². The predicted octanol–water partition coefficient (Wildman–Crippen LogP) is 3.98. The van der Waals surface area contributed by atoms with Crippen LogP contribution in [0.4, 0.5) is 4.39 Å². The van der Waals surface area contributed by atoms with Crippen molar-refractivity contribution in [2.24, 2.45) is 0 Å². The Hall–Kier alpha value is -0.510. The molecular formula is C14H15ClFNS. The van der Waals surface area contributed by atoms with E-state index in [1.54, 1.807) is 17.8 Å². The molecule has 96 valence electrons. The summed E-state index contributed by atoms with van der Waals surface area (Å²) in [6, 6.07) is 4.87. The summed E-state index contributed by atoms with van der Waals surface area (Å²) in [4.78, 5) is 3.52. The van der Waals surface area contributed by atoms with Crippen LogP contribution in [0.5, 0.6) is 0 Å². The van der Waals surface area contributed by atoms with Crippen molar-refractivity contribution in [3.8, 4) is 0 Å². The first kappa shape index (κ1) is 12.5. The molecule has 4 heteroatoms. The minimum Gasteiger partial charge on any atom is -0.299 e. The van der Waals surface area contributed by atoms with Crippen LogP contribution in [0.25, 0.3) is 5.03 Å². The molecule has 0 spiro atoms. The second kappa shape index (κ2) is 5.24. The van der Waals surface area contributed by atoms with Gasteiger partial charge in [-0.25, -0.2) is 4.39 Å². The number of rotatable bonds is 2. The van der Waals surface area contributed by atoms with E-state index in [-0.39, 0.29) is 5.82 Å². The highest BCUT2D eigenvalue weighted by atomic mass is 35.5. The Bertz CT molecular complexity index is 495. The molecule has 0 N–H and O–H groups in total. The summed E-state index contributed by atoms with van der Waals surface area (Å²) in [6.45, 7) is 3.25. The molecule has 0 atom stereocenters. The highest BCUT2D eigenvalue weighted by Crippen LogP contribution is 2.39. The molecule has 0 saturated carbocycles. The van der Waals surface area contributed by atoms with E-state index in [2.05, 4.69) is 4.90 Å². The molecule has 0 radical (unpaired) electrons. The fraction of sp³-hybridized carbons (Fsp3) is 0.429. The maximum atomic E-state index is 13.3. The number of thioether (sulfide) groups is 1. The van der Waals surface area contributed by atoms with Crippen LogP contribution in [0.15, 0.2) is 28.7 Å². The molecule has 2 heterocycles. The van der Waals surface area contributed by atoms with Gasteiger partial charge in [-0.1, -0.05) is 11.6 Å². The largest absolute Gasteiger partial charge is 0.299 e. The van der Waals surface area contributed by atoms with Crippen LogP contribution in [-0.4, -0.2) is 30.3 Å². The zero-order chi connectivity index (χ0) is 12.5. The number of fused-ring (bicyclic) bond motifs is 1. The molecule has 0 bridgehead atoms. The molecule has 0 aromatic heterocycles. The van der Waals surface area contributed by atoms with Crippen molar-refractivity contribution in [3.05, 3.63) is 35.2 Å². The van der Waals surface area contributed by atoms with Gasteiger partial charge in [-0.05, 0) is 49.7 Å². The van der Waals surface area contributed by atoms with Crippen molar-refractivity contribution < 1.29 is 4.39 Å². The summed E-state index contributed by atoms with van der Waals surface area (Å²) in [5.74, 6) is 0.712. The van der Waals surface area contributed by atoms with E-state index in [0.717, 1.165) is 40.9 Å². The first-order valence-electron chi connectivity index (χ1n) is 6.26. The second-order valence-electron chi connectivity index (χ2n) is 4.83. The van der Waals surface area contributed by atoms with E-state index >= 15 is 0 Å². The Morgan fingerprint density at radius 1 is 1.28 bits per heavy atom. The van der Waals surface area contributed by atoms with Gasteiger partial charge >= 0.3 is 0 Å². The number of hydrogen-bond acceptors (Lipinski definition) is 2. The topological polar surface area (TPSA) is 3.24 Å². The van der Waals surface area contributed by atoms with E-state index in [9.17, 15) is 4.39 Å². The number of benzene rings is 1. The Labute approximate surface area is 116 Å². The van der Waals surface area contributed by atoms with Crippen LogP contribution in [-0.2, 0) is 0 Å². The number of likely N-dealkylation sites (tertiary alicyclic amines) is 1. The fourth-order valence-electron chi connectivity index (χ4n) is 2.54. The van der Waals surface area contributed by atoms with Crippen molar-refractivity contribution in [2.75, 3.05) is 25.4 Å². The SMILES string of the molecule is Fc1ccc2c(c1)C(Cl)=C(CN1CCCC1)CS2. The van der Waals surface area contributed by atoms with Gasteiger partial charge in [0.2, 0.25) is 0 Å². The predicted molar refractivity (Wildman–Crippen MR) is 75.6 cm³/mol. The molecule has 1 fully saturated rings. The van der Waals surface area contributed by atoms with E-state index in [0.29, 0.717) is 0 Å². The minimum absolute atomic E-state index is 0.213. The van der Waals surface area contributed by atoms with E-state index in [1.807, 2.05) is 6.07 Å². The molecule has 18 heavy (non-hydrogen) atoms. The Kier molecular flexibility index (Phi) is 3.64. The smallest absolute Gasteiger partial charge is 0.123 e. The van der Waals surface area contributed by atoms with Gasteiger partial charge in [-0.2, -0.15) is 0 Å². The number of nitrogens with zero attached hydrogens (tertiary/aromatic N) is 1. The van der Waals surface area contributed by atoms with Gasteiger partial charge in [-0.3, -0.25) is 4.90 Å². The molecular weight excluding hydrogens is 269 g/mol. The van der Waals surface area contributed by atoms with Crippen molar-refractivity contribution in [3.63, 3.8) is 0 Å². The molecule has 0 amide bonds. The monoisotopic (exact) mass is 283 g/mol. The minimum atomic E-state index is -0.213. The van der Waals surface area contributed by atoms with Gasteiger partial charge in [-0.15, -0.1) is 11.8 Å². The van der Waals surface area contributed by atoms with Gasteiger partial charge in [0.15, 0.2) is 0 Å². The molecule has 3 rings (SSSR count). The summed E-state index contributed by atoms with van der Waals surface area (Å²) < 4.78 is 13.3. The molecule has 1 aromatic rings. The quantitative estimate of drug-likeness (QED) is 0.808. The number of hydrogen-bond donors (Lipinski definition) is 0. The van der Waals surface area contributed by atoms with Crippen LogP contribution in [0.2, 0.25) is 0 Å². The first-order chi connectivity index (χ1) is 8.74. The van der Waals surface area contributed by atoms with Crippen molar-refractivity contribution in [2.45, 2.75) is 17.7 Å². The molecule has 0 unspecified atom stereocenters. The summed E-state index contributed by atoms with van der Waals surface area (Å²) in [7, 11) is 0. The first-order valence-corrected chi connectivity index (χ1v) is 7.63. The summed E-state index contributed by atoms with van der Waals surface area (Å²) in [5.41, 5.74) is 2.10. The van der Waals surface area contributed by atoms with Crippen LogP contribution in [0, 0.1) is 5.82 Å². The lowest BCUT2D eigenvalue weighted by Gasteiger charge is -2.23. The van der Waals surface area contributed by atoms with Gasteiger partial charge in [0.25, 0.3) is 0 Å². The van der Waals surface area contributed by atoms with Gasteiger partial charge in [0, 0.05) is 22.8 Å². The van der Waals surface area contributed by atoms with E-state index < -0.39 is 0 Å². The maximum Gasteiger partial charge on any atom is 0.123 e. The zero-order valence-corrected chi connectivity index (χ0v) is 11.7. The lowest BCUT2D eigenvalue weighted by Crippen LogP contribution is -2.23. The summed E-state index contributed by atoms with van der Waals surface area (Å²) in [5, 5.41) is 0.759. The van der Waals surface area contributed by atoms with Gasteiger partial charge in [0.05, 0.1) is 5.03 Å². The average molecular weight is 284 g/mol. The molecule has 0 aliphatic carbocycles. The third kappa shape index (κ3) is 2.44. The molecule has 2 aliphatic rings. The van der Waals surface area contributed by atoms with Crippen LogP contribution >= 0.6 is 23.4 Å². The lowest BCUT2D eigenvalue weighted by atomic mass is 10.1. The highest BCUT2D eigenvalue weighted by Gasteiger charge is 2.21. The number of halogens is 2. The van der Waals surface area contributed by atoms with Crippen LogP contribution in [0.1, 0.15) is 18.4 Å². The summed E-state index contributed by atoms with van der Waals surface area (Å²) in [6.07, 6.45) is 2.56. The van der Waals surface area contributed by atoms with Gasteiger partial charge in [0.1, 0.15) is 5.82 Å². The third-order valence-electron chi connectivity index (χ3n) is 3.50. The zero-order valence-electron chi connectivity index (χ0n) is 10.1. The molecule has 2 aliphatic heterocycles. The normalized spacial score (nSPS) is 20.3. The highest BCUT2D eigenvalue weighted by molar-refractivity contribution is 7.99. The molecule has 1 nitrogen and oxygen atoms in total. The van der Waals surface area contributed by atoms with Gasteiger partial charge < -0.3 is 0 Å². The fourth-order valence-corrected chi connectivity index (χ4v) is 4.01. The van der Waals surface area contributed by atoms with E-state index in [1.165, 1.54) is 24.5 Å². The third-order valence-corrected chi connectivity index (χ3v) is 5.13. The molecule has 1 saturated heterocycles. The summed E-state index contributed by atoms with van der Waals surface area (Å²) >= 11 is 8.19. The second-order valence-corrected chi connectivity index (χ2v) is 6.23. The Balaban J connectivity index is 1.88. The standard InChI is InChI=1S/C14H15ClFNS/c15-14-10(8-17-5-1-2-6-17)9-18-13-4-3-11(16)7-12(13)14/h3-4,7H,1-2,5-6,8-9H2. The van der Waals surface area contributed by atoms with Crippen molar-refractivity contribution in [1.82, 2.24) is 4.90 Å². The maximum absolute atomic E-state index is 13.3. The Morgan fingerprint density at radius 3 is 2.83 bits per heavy atom. The Morgan fingerprint density at radius 2 is 2.06 bits per heavy atom. The van der Waals surface area contributed by atoms with Crippen molar-refractivity contribution in [1.29, 1.82) is 0 Å². The van der Waals surface area contributed by atoms with Crippen LogP contribution < -0.4 is 0 Å². The van der Waals surface area contributed by atoms with Crippen LogP contribution in [0.3, 0.4) is 0 Å². The average Bonchev–Trinajstić information content (AvgIpc) is 2.86. The molecule has 1 aromatic carbocycles. The lowest BCUT2D eigenvalue weighted by molar-refractivity contribution is 0.369.